The van der Waals surface area contributed by atoms with Gasteiger partial charge in [-0.3, -0.25) is 19.2 Å². The number of halogens is 2. The fourth-order valence-electron chi connectivity index (χ4n) is 3.78. The van der Waals surface area contributed by atoms with Crippen LogP contribution in [-0.2, 0) is 17.8 Å². The van der Waals surface area contributed by atoms with Gasteiger partial charge in [0.25, 0.3) is 5.56 Å². The maximum atomic E-state index is 13.6. The van der Waals surface area contributed by atoms with Gasteiger partial charge in [0.15, 0.2) is 0 Å². The van der Waals surface area contributed by atoms with Crippen LogP contribution < -0.4 is 10.5 Å². The minimum atomic E-state index is -0.0384. The molecule has 0 atom stereocenters. The molecule has 2 aromatic carbocycles. The summed E-state index contributed by atoms with van der Waals surface area (Å²) in [6.45, 7) is 4.09. The highest BCUT2D eigenvalue weighted by Gasteiger charge is 2.29. The van der Waals surface area contributed by atoms with Gasteiger partial charge in [0, 0.05) is 30.7 Å². The summed E-state index contributed by atoms with van der Waals surface area (Å²) in [5, 5.41) is 1.06. The first kappa shape index (κ1) is 21.8. The molecule has 0 N–H and O–H groups in total. The van der Waals surface area contributed by atoms with Crippen molar-refractivity contribution in [3.05, 3.63) is 85.8 Å². The number of aryl methyl sites for hydroxylation is 1. The van der Waals surface area contributed by atoms with Gasteiger partial charge < -0.3 is 4.74 Å². The minimum Gasteiger partial charge on any atom is -0.383 e. The van der Waals surface area contributed by atoms with E-state index >= 15 is 0 Å². The van der Waals surface area contributed by atoms with E-state index in [1.54, 1.807) is 23.8 Å². The van der Waals surface area contributed by atoms with Gasteiger partial charge in [0.1, 0.15) is 0 Å². The number of fused-ring (bicyclic) bond motifs is 1. The first-order valence-corrected chi connectivity index (χ1v) is 10.8. The van der Waals surface area contributed by atoms with Crippen LogP contribution in [0.25, 0.3) is 0 Å². The van der Waals surface area contributed by atoms with E-state index in [4.69, 9.17) is 32.9 Å². The van der Waals surface area contributed by atoms with Gasteiger partial charge in [-0.15, -0.1) is 0 Å². The normalized spacial score (nSPS) is 14.0. The second kappa shape index (κ2) is 9.40. The van der Waals surface area contributed by atoms with Crippen LogP contribution in [0.5, 0.6) is 0 Å². The number of benzene rings is 2. The van der Waals surface area contributed by atoms with Crippen LogP contribution in [-0.4, -0.2) is 41.4 Å². The molecule has 8 heteroatoms. The van der Waals surface area contributed by atoms with E-state index in [1.165, 1.54) is 0 Å². The number of ether oxygens (including phenoxy) is 1. The second-order valence-electron chi connectivity index (χ2n) is 7.57. The second-order valence-corrected chi connectivity index (χ2v) is 8.41. The van der Waals surface area contributed by atoms with Gasteiger partial charge in [0.05, 0.1) is 36.3 Å². The van der Waals surface area contributed by atoms with Crippen LogP contribution in [0.3, 0.4) is 0 Å². The summed E-state index contributed by atoms with van der Waals surface area (Å²) in [4.78, 5) is 22.5. The fourth-order valence-corrected chi connectivity index (χ4v) is 4.29. The van der Waals surface area contributed by atoms with Crippen molar-refractivity contribution in [2.24, 2.45) is 0 Å². The molecular weight excluding hydrogens is 435 g/mol. The molecule has 0 amide bonds. The molecule has 6 nitrogen and oxygen atoms in total. The van der Waals surface area contributed by atoms with Crippen molar-refractivity contribution >= 4 is 34.8 Å². The molecule has 0 unspecified atom stereocenters. The monoisotopic (exact) mass is 458 g/mol. The Morgan fingerprint density at radius 3 is 2.58 bits per heavy atom. The maximum Gasteiger partial charge on any atom is 0.259 e. The summed E-state index contributed by atoms with van der Waals surface area (Å²) in [6, 6.07) is 15.3. The number of aromatic nitrogens is 2. The molecule has 0 spiro atoms. The third-order valence-electron chi connectivity index (χ3n) is 5.41. The Bertz CT molecular complexity index is 1130. The average Bonchev–Trinajstić information content (AvgIpc) is 2.76. The number of rotatable bonds is 6. The summed E-state index contributed by atoms with van der Waals surface area (Å²) in [7, 11) is 1.67. The van der Waals surface area contributed by atoms with Crippen LogP contribution >= 0.6 is 23.2 Å². The molecule has 0 fully saturated rings. The van der Waals surface area contributed by atoms with Crippen LogP contribution in [0.1, 0.15) is 16.8 Å². The largest absolute Gasteiger partial charge is 0.383 e. The molecule has 3 aromatic rings. The summed E-state index contributed by atoms with van der Waals surface area (Å²) >= 11 is 12.6. The Hall–Kier alpha value is -2.38. The van der Waals surface area contributed by atoms with Crippen LogP contribution in [0, 0.1) is 6.92 Å². The Balaban J connectivity index is 1.81. The number of nitrogens with zero attached hydrogens (tertiary/aromatic N) is 4. The number of hydrogen-bond donors (Lipinski definition) is 0. The molecule has 4 rings (SSSR count). The Labute approximate surface area is 191 Å². The molecule has 2 heterocycles. The number of hydrogen-bond acceptors (Lipinski definition) is 5. The molecule has 1 aliphatic heterocycles. The minimum absolute atomic E-state index is 0.0384. The summed E-state index contributed by atoms with van der Waals surface area (Å²) in [6.07, 6.45) is 0.540. The lowest BCUT2D eigenvalue weighted by Gasteiger charge is -2.38. The Kier molecular flexibility index (Phi) is 6.62. The van der Waals surface area contributed by atoms with Crippen molar-refractivity contribution in [3.63, 3.8) is 0 Å². The van der Waals surface area contributed by atoms with Crippen molar-refractivity contribution in [1.82, 2.24) is 14.5 Å². The van der Waals surface area contributed by atoms with E-state index in [1.807, 2.05) is 48.2 Å². The standard InChI is InChI=1S/C23H24Cl2N4O2/c1-16-19(12-17-6-4-3-5-7-17)22(30)29-15-27(10-11-31-2)14-28(23(29)26-16)21-9-8-18(24)13-20(21)25/h3-9,13H,10-12,14-15H2,1-2H3. The lowest BCUT2D eigenvalue weighted by atomic mass is 10.1. The zero-order valence-electron chi connectivity index (χ0n) is 17.5. The quantitative estimate of drug-likeness (QED) is 0.545. The highest BCUT2D eigenvalue weighted by molar-refractivity contribution is 6.36. The topological polar surface area (TPSA) is 50.6 Å². The van der Waals surface area contributed by atoms with Gasteiger partial charge in [0.2, 0.25) is 5.95 Å². The summed E-state index contributed by atoms with van der Waals surface area (Å²) in [5.74, 6) is 0.581. The van der Waals surface area contributed by atoms with E-state index in [9.17, 15) is 4.79 Å². The summed E-state index contributed by atoms with van der Waals surface area (Å²) < 4.78 is 6.98. The van der Waals surface area contributed by atoms with E-state index in [0.717, 1.165) is 16.9 Å². The van der Waals surface area contributed by atoms with E-state index in [2.05, 4.69) is 4.90 Å². The zero-order valence-corrected chi connectivity index (χ0v) is 19.0. The molecule has 1 aromatic heterocycles. The molecule has 1 aliphatic rings. The highest BCUT2D eigenvalue weighted by Crippen LogP contribution is 2.34. The van der Waals surface area contributed by atoms with Crippen molar-refractivity contribution in [2.45, 2.75) is 20.0 Å². The van der Waals surface area contributed by atoms with Crippen LogP contribution in [0.2, 0.25) is 10.0 Å². The van der Waals surface area contributed by atoms with E-state index in [-0.39, 0.29) is 5.56 Å². The zero-order chi connectivity index (χ0) is 22.0. The van der Waals surface area contributed by atoms with Crippen molar-refractivity contribution in [3.8, 4) is 0 Å². The molecule has 0 saturated carbocycles. The summed E-state index contributed by atoms with van der Waals surface area (Å²) in [5.41, 5.74) is 3.22. The molecule has 162 valence electrons. The lowest BCUT2D eigenvalue weighted by molar-refractivity contribution is 0.121. The van der Waals surface area contributed by atoms with Crippen LogP contribution in [0.15, 0.2) is 53.3 Å². The molecular formula is C23H24Cl2N4O2. The molecule has 0 radical (unpaired) electrons. The van der Waals surface area contributed by atoms with E-state index < -0.39 is 0 Å². The third kappa shape index (κ3) is 4.62. The van der Waals surface area contributed by atoms with Crippen molar-refractivity contribution < 1.29 is 4.74 Å². The Morgan fingerprint density at radius 1 is 1.10 bits per heavy atom. The fraction of sp³-hybridized carbons (Fsp3) is 0.304. The van der Waals surface area contributed by atoms with Crippen molar-refractivity contribution in [1.29, 1.82) is 0 Å². The number of anilines is 2. The smallest absolute Gasteiger partial charge is 0.259 e. The van der Waals surface area contributed by atoms with E-state index in [0.29, 0.717) is 54.5 Å². The predicted octanol–water partition coefficient (Wildman–Crippen LogP) is 4.46. The lowest BCUT2D eigenvalue weighted by Crippen LogP contribution is -2.49. The van der Waals surface area contributed by atoms with Gasteiger partial charge >= 0.3 is 0 Å². The Morgan fingerprint density at radius 2 is 1.87 bits per heavy atom. The van der Waals surface area contributed by atoms with Crippen LogP contribution in [0.4, 0.5) is 11.6 Å². The highest BCUT2D eigenvalue weighted by atomic mass is 35.5. The first-order valence-electron chi connectivity index (χ1n) is 10.1. The third-order valence-corrected chi connectivity index (χ3v) is 5.95. The van der Waals surface area contributed by atoms with Gasteiger partial charge in [-0.2, -0.15) is 0 Å². The molecule has 0 aliphatic carbocycles. The number of methoxy groups -OCH3 is 1. The van der Waals surface area contributed by atoms with Gasteiger partial charge in [-0.1, -0.05) is 53.5 Å². The van der Waals surface area contributed by atoms with Gasteiger partial charge in [-0.05, 0) is 30.7 Å². The average molecular weight is 459 g/mol. The molecule has 0 bridgehead atoms. The maximum absolute atomic E-state index is 13.6. The molecule has 0 saturated heterocycles. The molecule has 31 heavy (non-hydrogen) atoms. The van der Waals surface area contributed by atoms with Crippen molar-refractivity contribution in [2.75, 3.05) is 31.8 Å². The van der Waals surface area contributed by atoms with Gasteiger partial charge in [-0.25, -0.2) is 4.98 Å². The first-order chi connectivity index (χ1) is 15.0. The predicted molar refractivity (Wildman–Crippen MR) is 125 cm³/mol. The SMILES string of the molecule is COCCN1CN(c2ccc(Cl)cc2Cl)c2nc(C)c(Cc3ccccc3)c(=O)n2C1.